The Balaban J connectivity index is 2.01. The summed E-state index contributed by atoms with van der Waals surface area (Å²) in [5.41, 5.74) is 0.888. The van der Waals surface area contributed by atoms with Gasteiger partial charge in [-0.25, -0.2) is 9.78 Å². The molecule has 2 rings (SSSR count). The normalized spacial score (nSPS) is 10.0. The number of carbonyl (C=O) groups is 1. The molecule has 2 aromatic rings. The summed E-state index contributed by atoms with van der Waals surface area (Å²) >= 11 is 0. The molecule has 2 N–H and O–H groups in total. The first kappa shape index (κ1) is 11.1. The largest absolute Gasteiger partial charge is 0.360 e. The molecule has 0 radical (unpaired) electrons. The molecular formula is C11H12N4O2. The van der Waals surface area contributed by atoms with E-state index in [-0.39, 0.29) is 0 Å². The molecule has 0 saturated carbocycles. The average Bonchev–Trinajstić information content (AvgIpc) is 2.67. The minimum Gasteiger partial charge on any atom is -0.360 e. The number of hydrogen-bond donors (Lipinski definition) is 2. The minimum absolute atomic E-state index is 0.369. The van der Waals surface area contributed by atoms with E-state index in [0.29, 0.717) is 17.4 Å². The van der Waals surface area contributed by atoms with Crippen LogP contribution in [0.2, 0.25) is 0 Å². The lowest BCUT2D eigenvalue weighted by Gasteiger charge is -2.06. The van der Waals surface area contributed by atoms with Gasteiger partial charge in [0.1, 0.15) is 11.6 Å². The summed E-state index contributed by atoms with van der Waals surface area (Å²) < 4.78 is 4.83. The fraction of sp³-hybridized carbons (Fsp3) is 0.182. The second-order valence-corrected chi connectivity index (χ2v) is 3.57. The van der Waals surface area contributed by atoms with E-state index in [1.54, 1.807) is 25.3 Å². The maximum Gasteiger partial charge on any atom is 0.326 e. The summed E-state index contributed by atoms with van der Waals surface area (Å²) in [5.74, 6) is 1.52. The number of nitrogens with zero attached hydrogens (tertiary/aromatic N) is 2. The number of pyridine rings is 1. The SMILES string of the molecule is Cc1cc(NC(=O)Nc2ncccc2C)no1. The van der Waals surface area contributed by atoms with E-state index < -0.39 is 6.03 Å². The van der Waals surface area contributed by atoms with Crippen molar-refractivity contribution in [3.63, 3.8) is 0 Å². The highest BCUT2D eigenvalue weighted by molar-refractivity contribution is 5.98. The minimum atomic E-state index is -0.403. The molecule has 0 bridgehead atoms. The Kier molecular flexibility index (Phi) is 3.04. The third-order valence-electron chi connectivity index (χ3n) is 2.11. The van der Waals surface area contributed by atoms with Crippen LogP contribution in [0.25, 0.3) is 0 Å². The molecule has 2 amide bonds. The summed E-state index contributed by atoms with van der Waals surface area (Å²) in [6.45, 7) is 3.61. The Morgan fingerprint density at radius 2 is 2.18 bits per heavy atom. The van der Waals surface area contributed by atoms with Gasteiger partial charge in [0.15, 0.2) is 5.82 Å². The monoisotopic (exact) mass is 232 g/mol. The van der Waals surface area contributed by atoms with Crippen molar-refractivity contribution in [1.82, 2.24) is 10.1 Å². The summed E-state index contributed by atoms with van der Waals surface area (Å²) in [6, 6.07) is 4.90. The van der Waals surface area contributed by atoms with Crippen molar-refractivity contribution in [1.29, 1.82) is 0 Å². The van der Waals surface area contributed by atoms with E-state index in [9.17, 15) is 4.79 Å². The number of aromatic nitrogens is 2. The Morgan fingerprint density at radius 1 is 1.35 bits per heavy atom. The zero-order chi connectivity index (χ0) is 12.3. The highest BCUT2D eigenvalue weighted by Gasteiger charge is 2.07. The molecule has 0 fully saturated rings. The van der Waals surface area contributed by atoms with Crippen molar-refractivity contribution < 1.29 is 9.32 Å². The second-order valence-electron chi connectivity index (χ2n) is 3.57. The molecule has 17 heavy (non-hydrogen) atoms. The third kappa shape index (κ3) is 2.81. The Hall–Kier alpha value is -2.37. The van der Waals surface area contributed by atoms with Crippen LogP contribution in [0, 0.1) is 13.8 Å². The van der Waals surface area contributed by atoms with Gasteiger partial charge in [-0.3, -0.25) is 10.6 Å². The molecular weight excluding hydrogens is 220 g/mol. The second kappa shape index (κ2) is 4.65. The van der Waals surface area contributed by atoms with Crippen LogP contribution >= 0.6 is 0 Å². The van der Waals surface area contributed by atoms with E-state index in [1.807, 2.05) is 13.0 Å². The smallest absolute Gasteiger partial charge is 0.326 e. The number of nitrogens with one attached hydrogen (secondary N) is 2. The van der Waals surface area contributed by atoms with Crippen molar-refractivity contribution in [2.24, 2.45) is 0 Å². The molecule has 6 heteroatoms. The number of rotatable bonds is 2. The summed E-state index contributed by atoms with van der Waals surface area (Å²) in [7, 11) is 0. The van der Waals surface area contributed by atoms with Gasteiger partial charge >= 0.3 is 6.03 Å². The van der Waals surface area contributed by atoms with Gasteiger partial charge in [0.2, 0.25) is 0 Å². The Labute approximate surface area is 98.0 Å². The Morgan fingerprint density at radius 3 is 2.82 bits per heavy atom. The molecule has 0 saturated heterocycles. The van der Waals surface area contributed by atoms with Crippen LogP contribution in [-0.2, 0) is 0 Å². The maximum atomic E-state index is 11.6. The van der Waals surface area contributed by atoms with Crippen LogP contribution in [0.4, 0.5) is 16.4 Å². The topological polar surface area (TPSA) is 80.0 Å². The van der Waals surface area contributed by atoms with Gasteiger partial charge in [0.05, 0.1) is 0 Å². The van der Waals surface area contributed by atoms with Gasteiger partial charge in [-0.2, -0.15) is 0 Å². The molecule has 6 nitrogen and oxygen atoms in total. The van der Waals surface area contributed by atoms with E-state index in [4.69, 9.17) is 4.52 Å². The van der Waals surface area contributed by atoms with Gasteiger partial charge < -0.3 is 4.52 Å². The first-order valence-corrected chi connectivity index (χ1v) is 5.08. The van der Waals surface area contributed by atoms with Crippen LogP contribution in [0.3, 0.4) is 0 Å². The molecule has 0 aliphatic rings. The van der Waals surface area contributed by atoms with Crippen LogP contribution in [0.5, 0.6) is 0 Å². The molecule has 0 aliphatic carbocycles. The van der Waals surface area contributed by atoms with Gasteiger partial charge in [0.25, 0.3) is 0 Å². The molecule has 2 heterocycles. The van der Waals surface area contributed by atoms with Crippen LogP contribution < -0.4 is 10.6 Å². The summed E-state index contributed by atoms with van der Waals surface area (Å²) in [5, 5.41) is 8.82. The van der Waals surface area contributed by atoms with Crippen LogP contribution in [0.15, 0.2) is 28.9 Å². The summed E-state index contributed by atoms with van der Waals surface area (Å²) in [6.07, 6.45) is 1.61. The number of carbonyl (C=O) groups excluding carboxylic acids is 1. The predicted molar refractivity (Wildman–Crippen MR) is 62.9 cm³/mol. The lowest BCUT2D eigenvalue weighted by atomic mass is 10.3. The standard InChI is InChI=1S/C11H12N4O2/c1-7-4-3-5-12-10(7)14-11(16)13-9-6-8(2)17-15-9/h3-6H,1-2H3,(H2,12,13,14,15,16). The number of aryl methyl sites for hydroxylation is 2. The number of anilines is 2. The predicted octanol–water partition coefficient (Wildman–Crippen LogP) is 2.33. The Bertz CT molecular complexity index is 536. The van der Waals surface area contributed by atoms with E-state index in [1.165, 1.54) is 0 Å². The molecule has 88 valence electrons. The zero-order valence-electron chi connectivity index (χ0n) is 9.52. The van der Waals surface area contributed by atoms with Crippen molar-refractivity contribution in [3.8, 4) is 0 Å². The van der Waals surface area contributed by atoms with E-state index in [0.717, 1.165) is 5.56 Å². The molecule has 0 spiro atoms. The molecule has 0 aliphatic heterocycles. The first-order valence-electron chi connectivity index (χ1n) is 5.08. The number of hydrogen-bond acceptors (Lipinski definition) is 4. The van der Waals surface area contributed by atoms with Gasteiger partial charge in [0, 0.05) is 12.3 Å². The van der Waals surface area contributed by atoms with Gasteiger partial charge in [-0.05, 0) is 25.5 Å². The van der Waals surface area contributed by atoms with Crippen LogP contribution in [0.1, 0.15) is 11.3 Å². The highest BCUT2D eigenvalue weighted by atomic mass is 16.5. The molecule has 0 atom stereocenters. The van der Waals surface area contributed by atoms with E-state index in [2.05, 4.69) is 20.8 Å². The van der Waals surface area contributed by atoms with Crippen molar-refractivity contribution in [2.45, 2.75) is 13.8 Å². The quantitative estimate of drug-likeness (QED) is 0.832. The van der Waals surface area contributed by atoms with Crippen molar-refractivity contribution in [3.05, 3.63) is 35.7 Å². The lowest BCUT2D eigenvalue weighted by molar-refractivity contribution is 0.262. The fourth-order valence-electron chi connectivity index (χ4n) is 1.30. The first-order chi connectivity index (χ1) is 8.15. The van der Waals surface area contributed by atoms with Crippen molar-refractivity contribution in [2.75, 3.05) is 10.6 Å². The number of urea groups is 1. The lowest BCUT2D eigenvalue weighted by Crippen LogP contribution is -2.20. The third-order valence-corrected chi connectivity index (χ3v) is 2.11. The molecule has 0 unspecified atom stereocenters. The molecule has 0 aromatic carbocycles. The maximum absolute atomic E-state index is 11.6. The van der Waals surface area contributed by atoms with Gasteiger partial charge in [-0.1, -0.05) is 11.2 Å². The molecule has 2 aromatic heterocycles. The van der Waals surface area contributed by atoms with Crippen molar-refractivity contribution >= 4 is 17.7 Å². The average molecular weight is 232 g/mol. The van der Waals surface area contributed by atoms with E-state index >= 15 is 0 Å². The fourth-order valence-corrected chi connectivity index (χ4v) is 1.30. The van der Waals surface area contributed by atoms with Gasteiger partial charge in [-0.15, -0.1) is 0 Å². The number of amides is 2. The zero-order valence-corrected chi connectivity index (χ0v) is 9.52. The highest BCUT2D eigenvalue weighted by Crippen LogP contribution is 2.11. The van der Waals surface area contributed by atoms with Crippen LogP contribution in [-0.4, -0.2) is 16.2 Å². The summed E-state index contributed by atoms with van der Waals surface area (Å²) in [4.78, 5) is 15.6.